The molecule has 0 aliphatic rings. The van der Waals surface area contributed by atoms with Crippen molar-refractivity contribution in [2.75, 3.05) is 0 Å². The molecule has 0 saturated heterocycles. The summed E-state index contributed by atoms with van der Waals surface area (Å²) < 4.78 is 5.67. The van der Waals surface area contributed by atoms with E-state index < -0.39 is 0 Å². The first-order chi connectivity index (χ1) is 7.58. The molecule has 1 rings (SSSR count). The molecule has 1 atom stereocenters. The van der Waals surface area contributed by atoms with E-state index in [0.29, 0.717) is 5.56 Å². The highest BCUT2D eigenvalue weighted by Crippen LogP contribution is 2.26. The summed E-state index contributed by atoms with van der Waals surface area (Å²) >= 11 is 6.04. The van der Waals surface area contributed by atoms with E-state index >= 15 is 0 Å². The van der Waals surface area contributed by atoms with E-state index in [4.69, 9.17) is 16.3 Å². The van der Waals surface area contributed by atoms with Crippen LogP contribution in [0.15, 0.2) is 12.1 Å². The molecule has 3 heteroatoms. The Balaban J connectivity index is 2.92. The van der Waals surface area contributed by atoms with Crippen molar-refractivity contribution in [2.45, 2.75) is 39.2 Å². The van der Waals surface area contributed by atoms with Crippen LogP contribution in [-0.4, -0.2) is 11.8 Å². The van der Waals surface area contributed by atoms with Gasteiger partial charge in [-0.25, -0.2) is 0 Å². The Morgan fingerprint density at radius 2 is 1.94 bits per heavy atom. The van der Waals surface area contributed by atoms with Crippen molar-refractivity contribution in [1.29, 1.82) is 0 Å². The van der Waals surface area contributed by atoms with Gasteiger partial charge in [0.1, 0.15) is 12.0 Å². The number of aryl methyl sites for hydroxylation is 2. The van der Waals surface area contributed by atoms with Gasteiger partial charge in [0.15, 0.2) is 5.56 Å². The zero-order chi connectivity index (χ0) is 12.1. The van der Waals surface area contributed by atoms with E-state index in [1.54, 1.807) is 0 Å². The van der Waals surface area contributed by atoms with Gasteiger partial charge in [0.2, 0.25) is 0 Å². The van der Waals surface area contributed by atoms with Crippen molar-refractivity contribution in [3.05, 3.63) is 28.8 Å². The average molecular weight is 241 g/mol. The summed E-state index contributed by atoms with van der Waals surface area (Å²) in [5, 5.41) is 0. The lowest BCUT2D eigenvalue weighted by Crippen LogP contribution is -2.10. The zero-order valence-corrected chi connectivity index (χ0v) is 10.7. The zero-order valence-electron chi connectivity index (χ0n) is 9.92. The summed E-state index contributed by atoms with van der Waals surface area (Å²) in [6, 6.07) is 3.62. The topological polar surface area (TPSA) is 26.3 Å². The van der Waals surface area contributed by atoms with E-state index in [-0.39, 0.29) is 5.56 Å². The highest BCUT2D eigenvalue weighted by molar-refractivity contribution is 6.19. The van der Waals surface area contributed by atoms with Crippen molar-refractivity contribution in [3.8, 4) is 5.75 Å². The number of carbonyl (C=O) groups excluding carboxylic acids is 1. The number of carbonyl (C=O) groups is 1. The molecule has 88 valence electrons. The van der Waals surface area contributed by atoms with Gasteiger partial charge in [-0.15, -0.1) is 0 Å². The van der Waals surface area contributed by atoms with Crippen molar-refractivity contribution in [3.63, 3.8) is 0 Å². The van der Waals surface area contributed by atoms with Gasteiger partial charge in [-0.2, -0.15) is 0 Å². The Bertz CT molecular complexity index is 351. The molecule has 0 aromatic heterocycles. The van der Waals surface area contributed by atoms with E-state index in [1.807, 2.05) is 26.0 Å². The third kappa shape index (κ3) is 3.24. The number of benzene rings is 1. The van der Waals surface area contributed by atoms with Crippen LogP contribution >= 0.6 is 11.6 Å². The Kier molecular flexibility index (Phi) is 4.81. The lowest BCUT2D eigenvalue weighted by atomic mass is 10.1. The van der Waals surface area contributed by atoms with Gasteiger partial charge in [-0.3, -0.25) is 4.79 Å². The number of hydrogen-bond donors (Lipinski definition) is 0. The maximum atomic E-state index is 10.7. The molecule has 0 N–H and O–H groups in total. The van der Waals surface area contributed by atoms with Crippen molar-refractivity contribution in [1.82, 2.24) is 0 Å². The Labute approximate surface area is 102 Å². The molecule has 0 spiro atoms. The van der Waals surface area contributed by atoms with Gasteiger partial charge in [-0.05, 0) is 43.5 Å². The first kappa shape index (κ1) is 13.0. The molecular formula is C13H17ClO2. The molecule has 1 aromatic carbocycles. The van der Waals surface area contributed by atoms with Crippen LogP contribution in [0.2, 0.25) is 0 Å². The van der Waals surface area contributed by atoms with Crippen molar-refractivity contribution in [2.24, 2.45) is 0 Å². The minimum Gasteiger partial charge on any atom is -0.474 e. The number of ether oxygens (including phenoxy) is 1. The van der Waals surface area contributed by atoms with Gasteiger partial charge in [0.25, 0.3) is 0 Å². The number of aldehydes is 1. The van der Waals surface area contributed by atoms with Crippen LogP contribution in [0.4, 0.5) is 0 Å². The Morgan fingerprint density at radius 1 is 1.38 bits per heavy atom. The number of hydrogen-bond acceptors (Lipinski definition) is 2. The SMILES string of the molecule is CCCC(Cl)Oc1c(C)cc(C=O)cc1C. The molecule has 16 heavy (non-hydrogen) atoms. The Hall–Kier alpha value is -1.02. The number of alkyl halides is 1. The van der Waals surface area contributed by atoms with E-state index in [9.17, 15) is 4.79 Å². The fourth-order valence-corrected chi connectivity index (χ4v) is 1.96. The number of rotatable bonds is 5. The van der Waals surface area contributed by atoms with E-state index in [2.05, 4.69) is 6.92 Å². The highest BCUT2D eigenvalue weighted by atomic mass is 35.5. The molecule has 1 aromatic rings. The van der Waals surface area contributed by atoms with Gasteiger partial charge < -0.3 is 4.74 Å². The molecule has 0 amide bonds. The second-order valence-electron chi connectivity index (χ2n) is 3.92. The average Bonchev–Trinajstić information content (AvgIpc) is 2.23. The van der Waals surface area contributed by atoms with E-state index in [0.717, 1.165) is 36.0 Å². The quantitative estimate of drug-likeness (QED) is 0.577. The van der Waals surface area contributed by atoms with E-state index in [1.165, 1.54) is 0 Å². The Morgan fingerprint density at radius 3 is 2.38 bits per heavy atom. The van der Waals surface area contributed by atoms with Crippen molar-refractivity contribution < 1.29 is 9.53 Å². The monoisotopic (exact) mass is 240 g/mol. The van der Waals surface area contributed by atoms with Crippen LogP contribution in [0.1, 0.15) is 41.3 Å². The van der Waals surface area contributed by atoms with Crippen LogP contribution in [0, 0.1) is 13.8 Å². The van der Waals surface area contributed by atoms with Crippen LogP contribution < -0.4 is 4.74 Å². The summed E-state index contributed by atoms with van der Waals surface area (Å²) in [6.07, 6.45) is 2.64. The van der Waals surface area contributed by atoms with Crippen molar-refractivity contribution >= 4 is 17.9 Å². The molecule has 0 radical (unpaired) electrons. The summed E-state index contributed by atoms with van der Waals surface area (Å²) in [6.45, 7) is 5.91. The third-order valence-electron chi connectivity index (χ3n) is 2.38. The minimum absolute atomic E-state index is 0.301. The van der Waals surface area contributed by atoms with Crippen LogP contribution in [0.25, 0.3) is 0 Å². The lowest BCUT2D eigenvalue weighted by molar-refractivity contribution is 0.112. The number of halogens is 1. The van der Waals surface area contributed by atoms with Crippen LogP contribution in [0.5, 0.6) is 5.75 Å². The largest absolute Gasteiger partial charge is 0.474 e. The maximum Gasteiger partial charge on any atom is 0.172 e. The summed E-state index contributed by atoms with van der Waals surface area (Å²) in [5.74, 6) is 0.791. The lowest BCUT2D eigenvalue weighted by Gasteiger charge is -2.16. The van der Waals surface area contributed by atoms with Gasteiger partial charge >= 0.3 is 0 Å². The second kappa shape index (κ2) is 5.90. The summed E-state index contributed by atoms with van der Waals surface area (Å²) in [5.41, 5.74) is 2.26. The normalized spacial score (nSPS) is 12.2. The smallest absolute Gasteiger partial charge is 0.172 e. The summed E-state index contributed by atoms with van der Waals surface area (Å²) in [7, 11) is 0. The summed E-state index contributed by atoms with van der Waals surface area (Å²) in [4.78, 5) is 10.7. The fourth-order valence-electron chi connectivity index (χ4n) is 1.65. The first-order valence-electron chi connectivity index (χ1n) is 5.45. The minimum atomic E-state index is -0.301. The second-order valence-corrected chi connectivity index (χ2v) is 4.41. The fraction of sp³-hybridized carbons (Fsp3) is 0.462. The molecule has 0 aliphatic carbocycles. The molecule has 0 fully saturated rings. The van der Waals surface area contributed by atoms with Gasteiger partial charge in [-0.1, -0.05) is 24.9 Å². The predicted molar refractivity (Wildman–Crippen MR) is 66.5 cm³/mol. The molecule has 0 heterocycles. The predicted octanol–water partition coefficient (Wildman–Crippen LogP) is 3.86. The molecule has 2 nitrogen and oxygen atoms in total. The van der Waals surface area contributed by atoms with Gasteiger partial charge in [0, 0.05) is 5.56 Å². The highest BCUT2D eigenvalue weighted by Gasteiger charge is 2.11. The van der Waals surface area contributed by atoms with Crippen LogP contribution in [-0.2, 0) is 0 Å². The molecule has 0 bridgehead atoms. The first-order valence-corrected chi connectivity index (χ1v) is 5.89. The van der Waals surface area contributed by atoms with Gasteiger partial charge in [0.05, 0.1) is 0 Å². The van der Waals surface area contributed by atoms with Crippen LogP contribution in [0.3, 0.4) is 0 Å². The molecular weight excluding hydrogens is 224 g/mol. The maximum absolute atomic E-state index is 10.7. The molecule has 0 aliphatic heterocycles. The molecule has 1 unspecified atom stereocenters. The standard InChI is InChI=1S/C13H17ClO2/c1-4-5-12(14)16-13-9(2)6-11(8-15)7-10(13)3/h6-8,12H,4-5H2,1-3H3. The molecule has 0 saturated carbocycles. The third-order valence-corrected chi connectivity index (χ3v) is 2.69.